The van der Waals surface area contributed by atoms with Gasteiger partial charge in [0.2, 0.25) is 0 Å². The van der Waals surface area contributed by atoms with Crippen LogP contribution in [0.2, 0.25) is 0 Å². The minimum atomic E-state index is -0.909. The van der Waals surface area contributed by atoms with E-state index in [0.29, 0.717) is 6.61 Å². The van der Waals surface area contributed by atoms with Crippen LogP contribution in [0.15, 0.2) is 72.8 Å². The van der Waals surface area contributed by atoms with Crippen LogP contribution < -0.4 is 5.32 Å². The highest BCUT2D eigenvalue weighted by Gasteiger charge is 2.58. The molecule has 2 saturated heterocycles. The first-order chi connectivity index (χ1) is 19.2. The molecule has 2 aliphatic heterocycles. The fourth-order valence-corrected chi connectivity index (χ4v) is 4.48. The second-order valence-corrected chi connectivity index (χ2v) is 10.1. The van der Waals surface area contributed by atoms with Crippen LogP contribution in [-0.2, 0) is 51.2 Å². The van der Waals surface area contributed by atoms with Crippen LogP contribution in [0.5, 0.6) is 0 Å². The number of rotatable bonds is 12. The molecule has 0 aromatic heterocycles. The molecular weight excluding hydrogens is 518 g/mol. The van der Waals surface area contributed by atoms with E-state index in [9.17, 15) is 9.59 Å². The molecule has 10 nitrogen and oxygen atoms in total. The Balaban J connectivity index is 1.41. The van der Waals surface area contributed by atoms with Crippen LogP contribution in [0.3, 0.4) is 0 Å². The Morgan fingerprint density at radius 3 is 2.27 bits per heavy atom. The average Bonchev–Trinajstić information content (AvgIpc) is 3.40. The van der Waals surface area contributed by atoms with Gasteiger partial charge in [-0.2, -0.15) is 0 Å². The van der Waals surface area contributed by atoms with Crippen molar-refractivity contribution in [3.8, 4) is 0 Å². The molecule has 4 rings (SSSR count). The molecule has 2 heterocycles. The van der Waals surface area contributed by atoms with Gasteiger partial charge in [0, 0.05) is 6.92 Å². The first kappa shape index (κ1) is 29.7. The molecule has 0 unspecified atom stereocenters. The number of alkyl carbamates (subject to hydrolysis) is 1. The quantitative estimate of drug-likeness (QED) is 0.178. The fourth-order valence-electron chi connectivity index (χ4n) is 4.48. The van der Waals surface area contributed by atoms with Gasteiger partial charge in [-0.15, -0.1) is 0 Å². The predicted molar refractivity (Wildman–Crippen MR) is 144 cm³/mol. The molecule has 2 aliphatic rings. The number of amides is 1. The zero-order valence-electron chi connectivity index (χ0n) is 23.2. The van der Waals surface area contributed by atoms with Crippen molar-refractivity contribution >= 4 is 12.1 Å². The number of carbonyl (C=O) groups excluding carboxylic acids is 2. The third-order valence-corrected chi connectivity index (χ3v) is 6.30. The van der Waals surface area contributed by atoms with E-state index in [-0.39, 0.29) is 19.5 Å². The summed E-state index contributed by atoms with van der Waals surface area (Å²) in [5, 5.41) is 2.82. The van der Waals surface area contributed by atoms with Crippen LogP contribution in [-0.4, -0.2) is 61.4 Å². The molecule has 0 saturated carbocycles. The molecule has 10 heteroatoms. The molecule has 1 N–H and O–H groups in total. The normalized spacial score (nSPS) is 24.8. The van der Waals surface area contributed by atoms with Crippen LogP contribution in [0.25, 0.3) is 0 Å². The lowest BCUT2D eigenvalue weighted by Crippen LogP contribution is -2.50. The van der Waals surface area contributed by atoms with Crippen molar-refractivity contribution in [3.05, 3.63) is 83.9 Å². The molecule has 1 amide bonds. The van der Waals surface area contributed by atoms with Gasteiger partial charge in [0.25, 0.3) is 0 Å². The Morgan fingerprint density at radius 2 is 1.62 bits per heavy atom. The summed E-state index contributed by atoms with van der Waals surface area (Å²) in [4.78, 5) is 24.8. The van der Waals surface area contributed by atoms with Crippen LogP contribution in [0.4, 0.5) is 4.79 Å². The molecule has 6 atom stereocenters. The predicted octanol–water partition coefficient (Wildman–Crippen LogP) is 4.23. The smallest absolute Gasteiger partial charge is 0.408 e. The minimum absolute atomic E-state index is 0.0779. The monoisotopic (exact) mass is 555 g/mol. The fraction of sp³-hybridized carbons (Fsp3) is 0.467. The molecule has 0 radical (unpaired) electrons. The molecule has 0 bridgehead atoms. The highest BCUT2D eigenvalue weighted by atomic mass is 16.8. The second-order valence-electron chi connectivity index (χ2n) is 10.1. The van der Waals surface area contributed by atoms with E-state index in [1.54, 1.807) is 26.0 Å². The molecule has 2 aromatic rings. The molecule has 0 spiro atoms. The second kappa shape index (κ2) is 13.9. The summed E-state index contributed by atoms with van der Waals surface area (Å²) < 4.78 is 40.3. The van der Waals surface area contributed by atoms with Gasteiger partial charge in [0.05, 0.1) is 18.8 Å². The van der Waals surface area contributed by atoms with Crippen molar-refractivity contribution in [2.75, 3.05) is 6.79 Å². The van der Waals surface area contributed by atoms with Crippen molar-refractivity contribution in [1.82, 2.24) is 5.32 Å². The number of ether oxygens (including phenoxy) is 7. The van der Waals surface area contributed by atoms with E-state index in [4.69, 9.17) is 33.2 Å². The largest absolute Gasteiger partial charge is 0.457 e. The maximum atomic E-state index is 12.8. The lowest BCUT2D eigenvalue weighted by molar-refractivity contribution is -0.220. The van der Waals surface area contributed by atoms with Crippen molar-refractivity contribution in [3.63, 3.8) is 0 Å². The highest BCUT2D eigenvalue weighted by molar-refractivity contribution is 5.68. The average molecular weight is 556 g/mol. The van der Waals surface area contributed by atoms with E-state index in [2.05, 4.69) is 5.32 Å². The molecule has 2 aromatic carbocycles. The number of hydrogen-bond acceptors (Lipinski definition) is 9. The van der Waals surface area contributed by atoms with Gasteiger partial charge in [-0.05, 0) is 31.9 Å². The SMILES string of the molecule is CC(=O)O[C@H]1[C@H]2OC(C)(C)O[C@H]2O[C@@H]1[C@@H](/C=C/[C@@H](C)OCOCc1ccccc1)NC(=O)OCc1ccccc1. The lowest BCUT2D eigenvalue weighted by Gasteiger charge is -2.29. The lowest BCUT2D eigenvalue weighted by atomic mass is 10.0. The summed E-state index contributed by atoms with van der Waals surface area (Å²) in [6.07, 6.45) is -0.621. The third kappa shape index (κ3) is 8.61. The van der Waals surface area contributed by atoms with Crippen LogP contribution >= 0.6 is 0 Å². The number of hydrogen-bond donors (Lipinski definition) is 1. The molecule has 40 heavy (non-hydrogen) atoms. The van der Waals surface area contributed by atoms with Gasteiger partial charge < -0.3 is 38.5 Å². The maximum Gasteiger partial charge on any atom is 0.408 e. The van der Waals surface area contributed by atoms with Crippen molar-refractivity contribution in [2.45, 2.75) is 83.4 Å². The third-order valence-electron chi connectivity index (χ3n) is 6.30. The number of esters is 1. The first-order valence-electron chi connectivity index (χ1n) is 13.3. The Morgan fingerprint density at radius 1 is 0.975 bits per heavy atom. The summed E-state index contributed by atoms with van der Waals surface area (Å²) in [6, 6.07) is 18.4. The van der Waals surface area contributed by atoms with Crippen molar-refractivity contribution < 1.29 is 42.7 Å². The van der Waals surface area contributed by atoms with Crippen LogP contribution in [0.1, 0.15) is 38.8 Å². The van der Waals surface area contributed by atoms with Gasteiger partial charge in [0.15, 0.2) is 24.3 Å². The number of carbonyl (C=O) groups is 2. The van der Waals surface area contributed by atoms with E-state index >= 15 is 0 Å². The van der Waals surface area contributed by atoms with Gasteiger partial charge in [-0.3, -0.25) is 4.79 Å². The molecule has 216 valence electrons. The maximum absolute atomic E-state index is 12.8. The van der Waals surface area contributed by atoms with E-state index in [1.807, 2.05) is 67.6 Å². The summed E-state index contributed by atoms with van der Waals surface area (Å²) in [7, 11) is 0. The van der Waals surface area contributed by atoms with Crippen molar-refractivity contribution in [2.24, 2.45) is 0 Å². The molecule has 0 aliphatic carbocycles. The Bertz CT molecular complexity index is 1120. The van der Waals surface area contributed by atoms with E-state index < -0.39 is 48.5 Å². The standard InChI is InChI=1S/C30H37NO9/c1-20(36-19-34-17-22-11-7-5-8-12-22)15-16-24(31-29(33)35-18-23-13-9-6-10-14-23)25-26(37-21(2)32)27-28(38-25)40-30(3,4)39-27/h5-16,20,24-28H,17-19H2,1-4H3,(H,31,33)/b16-15+/t20-,24-,25-,26-,27-,28-/m1/s1. The molecule has 2 fully saturated rings. The number of fused-ring (bicyclic) bond motifs is 1. The Labute approximate surface area is 234 Å². The first-order valence-corrected chi connectivity index (χ1v) is 13.3. The summed E-state index contributed by atoms with van der Waals surface area (Å²) in [6.45, 7) is 7.25. The zero-order valence-corrected chi connectivity index (χ0v) is 23.2. The summed E-state index contributed by atoms with van der Waals surface area (Å²) in [5.74, 6) is -1.41. The summed E-state index contributed by atoms with van der Waals surface area (Å²) >= 11 is 0. The Kier molecular flexibility index (Phi) is 10.3. The van der Waals surface area contributed by atoms with E-state index in [0.717, 1.165) is 11.1 Å². The van der Waals surface area contributed by atoms with Gasteiger partial charge in [-0.25, -0.2) is 4.79 Å². The zero-order chi connectivity index (χ0) is 28.5. The van der Waals surface area contributed by atoms with Gasteiger partial charge >= 0.3 is 12.1 Å². The van der Waals surface area contributed by atoms with Crippen LogP contribution in [0, 0.1) is 0 Å². The van der Waals surface area contributed by atoms with Gasteiger partial charge in [-0.1, -0.05) is 72.8 Å². The van der Waals surface area contributed by atoms with Crippen molar-refractivity contribution in [1.29, 1.82) is 0 Å². The minimum Gasteiger partial charge on any atom is -0.457 e. The number of benzene rings is 2. The van der Waals surface area contributed by atoms with Gasteiger partial charge in [0.1, 0.15) is 19.5 Å². The number of nitrogens with one attached hydrogen (secondary N) is 1. The topological polar surface area (TPSA) is 111 Å². The highest BCUT2D eigenvalue weighted by Crippen LogP contribution is 2.40. The van der Waals surface area contributed by atoms with E-state index in [1.165, 1.54) is 6.92 Å². The Hall–Kier alpha value is -3.28. The molecular formula is C30H37NO9. The summed E-state index contributed by atoms with van der Waals surface area (Å²) in [5.41, 5.74) is 1.89.